The van der Waals surface area contributed by atoms with Gasteiger partial charge in [-0.1, -0.05) is 0 Å². The molecule has 0 N–H and O–H groups in total. The Bertz CT molecular complexity index is 15.5. The molecule has 0 radical (unpaired) electrons. The zero-order valence-corrected chi connectivity index (χ0v) is 5.72. The van der Waals surface area contributed by atoms with E-state index in [1.165, 1.54) is 0 Å². The zero-order chi connectivity index (χ0) is 4.00. The van der Waals surface area contributed by atoms with Gasteiger partial charge in [0.05, 0.1) is 0 Å². The van der Waals surface area contributed by atoms with Gasteiger partial charge in [-0.25, -0.2) is 0 Å². The first-order valence-corrected chi connectivity index (χ1v) is 0.778. The van der Waals surface area contributed by atoms with Gasteiger partial charge in [0, 0.05) is 0 Å². The Hall–Kier alpha value is 0.919. The van der Waals surface area contributed by atoms with Crippen LogP contribution in [0.2, 0.25) is 0 Å². The molecule has 0 aliphatic rings. The molecule has 0 aliphatic carbocycles. The summed E-state index contributed by atoms with van der Waals surface area (Å²) in [7, 11) is 0. The van der Waals surface area contributed by atoms with Crippen LogP contribution in [-0.4, -0.2) is 0 Å². The van der Waals surface area contributed by atoms with Crippen LogP contribution in [0.25, 0.3) is 5.59 Å². The number of nitroso groups, excluding NO2 is 1. The van der Waals surface area contributed by atoms with Crippen LogP contribution in [0, 0.1) is 4.91 Å². The molecule has 0 saturated heterocycles. The van der Waals surface area contributed by atoms with Crippen LogP contribution in [0.5, 0.6) is 0 Å². The van der Waals surface area contributed by atoms with Crippen molar-refractivity contribution >= 4 is 0 Å². The predicted molar refractivity (Wildman–Crippen MR) is 8.52 cm³/mol. The Balaban J connectivity index is -0.00000000500. The average Bonchev–Trinajstić information content (AvgIpc) is 1.50. The van der Waals surface area contributed by atoms with Gasteiger partial charge in [0.1, 0.15) is 0 Å². The van der Waals surface area contributed by atoms with Crippen LogP contribution in [0.1, 0.15) is 1.43 Å². The molecule has 5 heteroatoms. The Morgan fingerprint density at radius 3 is 1.40 bits per heavy atom. The van der Waals surface area contributed by atoms with Crippen molar-refractivity contribution in [3.05, 3.63) is 10.5 Å². The first kappa shape index (κ1) is 16.8. The molecule has 0 rings (SSSR count). The Labute approximate surface area is 61.1 Å². The Morgan fingerprint density at radius 2 is 1.40 bits per heavy atom. The molecular formula is HFeNNaO2. The normalized spacial score (nSPS) is 1.60. The summed E-state index contributed by atoms with van der Waals surface area (Å²) in [6.07, 6.45) is 0. The summed E-state index contributed by atoms with van der Waals surface area (Å²) >= 11 is 2.00. The maximum atomic E-state index is 8.00. The molecule has 0 aliphatic heterocycles. The van der Waals surface area contributed by atoms with E-state index < -0.39 is 0 Å². The van der Waals surface area contributed by atoms with Crippen molar-refractivity contribution in [2.45, 2.75) is 0 Å². The first-order valence-electron chi connectivity index (χ1n) is 0.327. The second kappa shape index (κ2) is 89.4. The molecular weight excluding hydrogens is 125 g/mol. The first-order chi connectivity index (χ1) is 2.00. The quantitative estimate of drug-likeness (QED) is 0.332. The molecule has 0 heterocycles. The van der Waals surface area contributed by atoms with Gasteiger partial charge in [-0.2, -0.15) is 0 Å². The Kier molecular flexibility index (Phi) is 300. The van der Waals surface area contributed by atoms with Gasteiger partial charge in [-0.3, -0.25) is 0 Å². The van der Waals surface area contributed by atoms with E-state index >= 15 is 0 Å². The van der Waals surface area contributed by atoms with E-state index in [-0.39, 0.29) is 31.0 Å². The fourth-order valence-corrected chi connectivity index (χ4v) is 0. The van der Waals surface area contributed by atoms with E-state index in [2.05, 4.69) is 0 Å². The van der Waals surface area contributed by atoms with Crippen molar-refractivity contribution < 1.29 is 50.8 Å². The van der Waals surface area contributed by atoms with Gasteiger partial charge in [-0.15, -0.1) is 0 Å². The van der Waals surface area contributed by atoms with Gasteiger partial charge in [0.15, 0.2) is 0 Å². The fourth-order valence-electron chi connectivity index (χ4n) is 0. The summed E-state index contributed by atoms with van der Waals surface area (Å²) in [6.45, 7) is 0. The van der Waals surface area contributed by atoms with Crippen molar-refractivity contribution in [1.29, 1.82) is 0 Å². The molecule has 0 aromatic carbocycles. The molecule has 0 aromatic rings. The minimum absolute atomic E-state index is 0. The standard InChI is InChI=1S/Fe.NO.Na.O.H/c;1-2;;;/q+1;-1;+1;;-1. The van der Waals surface area contributed by atoms with Crippen molar-refractivity contribution in [2.24, 2.45) is 0 Å². The number of hydrogen-bond donors (Lipinski definition) is 0. The van der Waals surface area contributed by atoms with Crippen LogP contribution in [0.15, 0.2) is 0 Å². The third kappa shape index (κ3) is 49.6. The summed E-state index contributed by atoms with van der Waals surface area (Å²) in [4.78, 5) is 7.25. The van der Waals surface area contributed by atoms with Gasteiger partial charge in [0.25, 0.3) is 0 Å². The summed E-state index contributed by atoms with van der Waals surface area (Å²) < 4.78 is 8.00. The topological polar surface area (TPSA) is 56.4 Å². The van der Waals surface area contributed by atoms with E-state index in [1.54, 1.807) is 0 Å². The van der Waals surface area contributed by atoms with E-state index in [0.29, 0.717) is 0 Å². The molecule has 0 bridgehead atoms. The third-order valence-corrected chi connectivity index (χ3v) is 0. The molecule has 0 amide bonds. The molecule has 0 unspecified atom stereocenters. The van der Waals surface area contributed by atoms with Crippen molar-refractivity contribution in [3.8, 4) is 0 Å². The zero-order valence-electron chi connectivity index (χ0n) is 3.62. The molecule has 3 nitrogen and oxygen atoms in total. The molecule has 0 spiro atoms. The average molecular weight is 126 g/mol. The second-order valence-electron chi connectivity index (χ2n) is 0. The van der Waals surface area contributed by atoms with Crippen LogP contribution in [0.4, 0.5) is 0 Å². The summed E-state index contributed by atoms with van der Waals surface area (Å²) in [6, 6.07) is 0. The second-order valence-corrected chi connectivity index (χ2v) is 0. The summed E-state index contributed by atoms with van der Waals surface area (Å²) in [5.74, 6) is 0. The van der Waals surface area contributed by atoms with Gasteiger partial charge in [0.2, 0.25) is 0 Å². The van der Waals surface area contributed by atoms with E-state index in [9.17, 15) is 0 Å². The third-order valence-electron chi connectivity index (χ3n) is 0. The SMILES string of the molecule is [H-].[N-]=O.[Na+].[O]=[Fe+]. The van der Waals surface area contributed by atoms with Crippen LogP contribution < -0.4 is 29.6 Å². The monoisotopic (exact) mass is 126 g/mol. The van der Waals surface area contributed by atoms with Gasteiger partial charge < -0.3 is 11.9 Å². The Morgan fingerprint density at radius 1 is 1.40 bits per heavy atom. The molecule has 0 aromatic heterocycles. The van der Waals surface area contributed by atoms with Crippen LogP contribution in [0.3, 0.4) is 0 Å². The molecule has 27 valence electrons. The maximum absolute atomic E-state index is 8.00. The number of nitrogens with zero attached hydrogens (tertiary/aromatic N) is 1. The van der Waals surface area contributed by atoms with Gasteiger partial charge in [-0.05, 0) is 0 Å². The molecule has 0 fully saturated rings. The van der Waals surface area contributed by atoms with Crippen molar-refractivity contribution in [1.82, 2.24) is 0 Å². The van der Waals surface area contributed by atoms with Crippen molar-refractivity contribution in [3.63, 3.8) is 0 Å². The predicted octanol–water partition coefficient (Wildman–Crippen LogP) is -2.68. The minimum atomic E-state index is 0. The molecule has 0 saturated carbocycles. The summed E-state index contributed by atoms with van der Waals surface area (Å²) in [5, 5.41) is 0. The molecule has 0 atom stereocenters. The summed E-state index contributed by atoms with van der Waals surface area (Å²) in [5.41, 5.74) is 5.75. The number of rotatable bonds is 0. The van der Waals surface area contributed by atoms with Crippen molar-refractivity contribution in [2.75, 3.05) is 0 Å². The van der Waals surface area contributed by atoms with E-state index in [0.717, 1.165) is 0 Å². The van der Waals surface area contributed by atoms with Gasteiger partial charge >= 0.3 is 49.3 Å². The fraction of sp³-hybridized carbons (Fsp3) is 0. The number of hydrogen-bond acceptors (Lipinski definition) is 2. The van der Waals surface area contributed by atoms with Crippen LogP contribution >= 0.6 is 0 Å². The molecule has 5 heavy (non-hydrogen) atoms. The van der Waals surface area contributed by atoms with Crippen LogP contribution in [-0.2, 0) is 19.8 Å². The van der Waals surface area contributed by atoms with E-state index in [1.807, 2.05) is 15.9 Å². The van der Waals surface area contributed by atoms with E-state index in [4.69, 9.17) is 14.3 Å².